The monoisotopic (exact) mass is 628 g/mol. The van der Waals surface area contributed by atoms with E-state index in [0.717, 1.165) is 45.7 Å². The minimum absolute atomic E-state index is 0.452. The topological polar surface area (TPSA) is 39.4 Å². The first-order chi connectivity index (χ1) is 21.1. The lowest BCUT2D eigenvalue weighted by Crippen LogP contribution is -2.38. The van der Waals surface area contributed by atoms with E-state index in [9.17, 15) is 4.79 Å². The Labute approximate surface area is 279 Å². The van der Waals surface area contributed by atoms with Gasteiger partial charge in [0.05, 0.1) is 19.8 Å². The molecule has 45 heavy (non-hydrogen) atoms. The quantitative estimate of drug-likeness (QED) is 0.220. The zero-order valence-corrected chi connectivity index (χ0v) is 32.7. The van der Waals surface area contributed by atoms with Gasteiger partial charge in [0.1, 0.15) is 6.29 Å². The second-order valence-electron chi connectivity index (χ2n) is 14.9. The highest BCUT2D eigenvalue weighted by molar-refractivity contribution is 5.53. The maximum absolute atomic E-state index is 11.0. The Morgan fingerprint density at radius 2 is 0.933 bits per heavy atom. The SMILES string of the molecule is CC.CC(C)c1c(C(C)C)c(C(C)C)n(CCN2CCOCC2)c1C(C)C.Cc1c(C(C)C)c(C(C)C)n(CC=O)c1C(C)C. The van der Waals surface area contributed by atoms with E-state index in [1.165, 1.54) is 22.5 Å². The number of carbonyl (C=O) groups is 1. The number of aldehydes is 1. The van der Waals surface area contributed by atoms with Crippen molar-refractivity contribution in [2.45, 2.75) is 172 Å². The molecule has 0 spiro atoms. The highest BCUT2D eigenvalue weighted by atomic mass is 16.5. The van der Waals surface area contributed by atoms with Gasteiger partial charge in [-0.05, 0) is 70.6 Å². The van der Waals surface area contributed by atoms with E-state index in [4.69, 9.17) is 4.74 Å². The van der Waals surface area contributed by atoms with Crippen LogP contribution in [-0.4, -0.2) is 53.2 Å². The van der Waals surface area contributed by atoms with Crippen molar-refractivity contribution in [1.29, 1.82) is 0 Å². The van der Waals surface area contributed by atoms with Gasteiger partial charge in [-0.2, -0.15) is 0 Å². The van der Waals surface area contributed by atoms with Gasteiger partial charge in [0, 0.05) is 49.0 Å². The number of nitrogens with zero attached hydrogens (tertiary/aromatic N) is 3. The van der Waals surface area contributed by atoms with Crippen molar-refractivity contribution in [3.63, 3.8) is 0 Å². The van der Waals surface area contributed by atoms with Crippen LogP contribution in [0.3, 0.4) is 0 Å². The molecule has 1 aliphatic heterocycles. The van der Waals surface area contributed by atoms with Crippen molar-refractivity contribution in [3.05, 3.63) is 45.0 Å². The number of rotatable bonds is 12. The Morgan fingerprint density at radius 3 is 1.27 bits per heavy atom. The average Bonchev–Trinajstić information content (AvgIpc) is 3.47. The number of ether oxygens (including phenoxy) is 1. The molecule has 260 valence electrons. The first-order valence-electron chi connectivity index (χ1n) is 18.3. The third-order valence-corrected chi connectivity index (χ3v) is 8.99. The lowest BCUT2D eigenvalue weighted by atomic mass is 9.87. The fourth-order valence-electron chi connectivity index (χ4n) is 7.64. The molecule has 3 rings (SSSR count). The summed E-state index contributed by atoms with van der Waals surface area (Å²) in [6.45, 7) is 45.1. The minimum Gasteiger partial charge on any atom is -0.379 e. The predicted octanol–water partition coefficient (Wildman–Crippen LogP) is 10.7. The van der Waals surface area contributed by atoms with Gasteiger partial charge in [-0.15, -0.1) is 0 Å². The largest absolute Gasteiger partial charge is 0.379 e. The predicted molar refractivity (Wildman–Crippen MR) is 197 cm³/mol. The van der Waals surface area contributed by atoms with Crippen LogP contribution >= 0.6 is 0 Å². The van der Waals surface area contributed by atoms with E-state index >= 15 is 0 Å². The average molecular weight is 628 g/mol. The normalized spacial score (nSPS) is 14.2. The standard InChI is InChI=1S/C22H40N2O.C16H27NO.C2H6/c1-15(2)19-20(16(3)4)22(18(7)8)24(21(19)17(5)6)10-9-23-11-13-25-14-12-23;1-10(2)14-13(7)15(11(3)4)17(8-9-18)16(14)12(5)6;1-2/h15-18H,9-14H2,1-8H3;9-12H,8H2,1-7H3;1-2H3. The fraction of sp³-hybridized carbons (Fsp3) is 0.775. The van der Waals surface area contributed by atoms with Gasteiger partial charge in [0.2, 0.25) is 0 Å². The highest BCUT2D eigenvalue weighted by Crippen LogP contribution is 2.41. The number of aromatic nitrogens is 2. The Hall–Kier alpha value is -1.85. The first-order valence-corrected chi connectivity index (χ1v) is 18.3. The molecule has 5 heteroatoms. The number of carbonyl (C=O) groups excluding carboxylic acids is 1. The van der Waals surface area contributed by atoms with Crippen LogP contribution in [0.25, 0.3) is 0 Å². The van der Waals surface area contributed by atoms with Crippen molar-refractivity contribution in [2.75, 3.05) is 32.8 Å². The van der Waals surface area contributed by atoms with Crippen LogP contribution in [0.1, 0.15) is 197 Å². The molecule has 1 aliphatic rings. The van der Waals surface area contributed by atoms with Gasteiger partial charge in [-0.1, -0.05) is 111 Å². The van der Waals surface area contributed by atoms with Crippen LogP contribution in [0.15, 0.2) is 0 Å². The molecule has 2 aromatic rings. The van der Waals surface area contributed by atoms with Crippen LogP contribution in [-0.2, 0) is 22.6 Å². The third-order valence-electron chi connectivity index (χ3n) is 8.99. The van der Waals surface area contributed by atoms with E-state index in [2.05, 4.69) is 118 Å². The minimum atomic E-state index is 0.452. The molecule has 0 radical (unpaired) electrons. The molecule has 0 aliphatic carbocycles. The summed E-state index contributed by atoms with van der Waals surface area (Å²) in [4.78, 5) is 13.6. The fourth-order valence-corrected chi connectivity index (χ4v) is 7.64. The lowest BCUT2D eigenvalue weighted by Gasteiger charge is -2.28. The molecule has 1 fully saturated rings. The van der Waals surface area contributed by atoms with Gasteiger partial charge in [0.25, 0.3) is 0 Å². The first kappa shape index (κ1) is 41.2. The van der Waals surface area contributed by atoms with Gasteiger partial charge >= 0.3 is 0 Å². The summed E-state index contributed by atoms with van der Waals surface area (Å²) >= 11 is 0. The molecular weight excluding hydrogens is 554 g/mol. The zero-order valence-electron chi connectivity index (χ0n) is 32.7. The lowest BCUT2D eigenvalue weighted by molar-refractivity contribution is -0.108. The molecule has 0 N–H and O–H groups in total. The second kappa shape index (κ2) is 19.1. The molecule has 0 bridgehead atoms. The van der Waals surface area contributed by atoms with E-state index in [1.54, 1.807) is 22.5 Å². The summed E-state index contributed by atoms with van der Waals surface area (Å²) in [6.07, 6.45) is 1.02. The van der Waals surface area contributed by atoms with Crippen molar-refractivity contribution >= 4 is 6.29 Å². The van der Waals surface area contributed by atoms with Crippen LogP contribution < -0.4 is 0 Å². The zero-order chi connectivity index (χ0) is 34.8. The van der Waals surface area contributed by atoms with E-state index < -0.39 is 0 Å². The molecule has 0 amide bonds. The molecule has 0 aromatic carbocycles. The molecular formula is C40H73N3O2. The summed E-state index contributed by atoms with van der Waals surface area (Å²) in [6, 6.07) is 0. The second-order valence-corrected chi connectivity index (χ2v) is 14.9. The molecule has 0 unspecified atom stereocenters. The highest BCUT2D eigenvalue weighted by Gasteiger charge is 2.29. The number of hydrogen-bond acceptors (Lipinski definition) is 3. The Bertz CT molecular complexity index is 1120. The van der Waals surface area contributed by atoms with Crippen LogP contribution in [0.5, 0.6) is 0 Å². The molecule has 3 heterocycles. The van der Waals surface area contributed by atoms with E-state index in [-0.39, 0.29) is 0 Å². The van der Waals surface area contributed by atoms with Crippen molar-refractivity contribution in [2.24, 2.45) is 0 Å². The molecule has 0 atom stereocenters. The summed E-state index contributed by atoms with van der Waals surface area (Å²) < 4.78 is 10.4. The molecule has 2 aromatic heterocycles. The van der Waals surface area contributed by atoms with Crippen LogP contribution in [0.2, 0.25) is 0 Å². The van der Waals surface area contributed by atoms with Crippen LogP contribution in [0.4, 0.5) is 0 Å². The smallest absolute Gasteiger partial charge is 0.139 e. The number of hydrogen-bond donors (Lipinski definition) is 0. The maximum Gasteiger partial charge on any atom is 0.139 e. The number of morpholine rings is 1. The van der Waals surface area contributed by atoms with Crippen molar-refractivity contribution in [3.8, 4) is 0 Å². The Balaban J connectivity index is 0.000000448. The van der Waals surface area contributed by atoms with E-state index in [0.29, 0.717) is 48.0 Å². The van der Waals surface area contributed by atoms with Crippen LogP contribution in [0, 0.1) is 6.92 Å². The summed E-state index contributed by atoms with van der Waals surface area (Å²) in [7, 11) is 0. The van der Waals surface area contributed by atoms with E-state index in [1.807, 2.05) is 13.8 Å². The van der Waals surface area contributed by atoms with Crippen molar-refractivity contribution < 1.29 is 9.53 Å². The maximum atomic E-state index is 11.0. The molecule has 5 nitrogen and oxygen atoms in total. The Morgan fingerprint density at radius 1 is 0.556 bits per heavy atom. The summed E-state index contributed by atoms with van der Waals surface area (Å²) in [5.41, 5.74) is 11.9. The Kier molecular flexibility index (Phi) is 17.5. The van der Waals surface area contributed by atoms with Gasteiger partial charge in [-0.25, -0.2) is 0 Å². The van der Waals surface area contributed by atoms with Gasteiger partial charge in [-0.3, -0.25) is 4.90 Å². The van der Waals surface area contributed by atoms with Gasteiger partial charge in [0.15, 0.2) is 0 Å². The van der Waals surface area contributed by atoms with Gasteiger partial charge < -0.3 is 18.7 Å². The summed E-state index contributed by atoms with van der Waals surface area (Å²) in [5.74, 6) is 3.70. The van der Waals surface area contributed by atoms with Crippen molar-refractivity contribution in [1.82, 2.24) is 14.0 Å². The third kappa shape index (κ3) is 10.1. The summed E-state index contributed by atoms with van der Waals surface area (Å²) in [5, 5.41) is 0. The molecule has 1 saturated heterocycles. The molecule has 0 saturated carbocycles.